The molecule has 1 aliphatic heterocycles. The zero-order valence-electron chi connectivity index (χ0n) is 14.1. The third-order valence-electron chi connectivity index (χ3n) is 5.13. The quantitative estimate of drug-likeness (QED) is 0.822. The molecule has 1 amide bonds. The maximum atomic E-state index is 13.2. The zero-order valence-corrected chi connectivity index (χ0v) is 14.9. The minimum atomic E-state index is -0.507. The SMILES string of the molecule is CSC1(C(=O)N(CC#N)C2CC2)CCN(c2ncnc3[nH]ccc23)C1. The number of hydrogen-bond donors (Lipinski definition) is 1. The number of amides is 1. The lowest BCUT2D eigenvalue weighted by Gasteiger charge is -2.32. The van der Waals surface area contributed by atoms with Gasteiger partial charge in [-0.15, -0.1) is 11.8 Å². The van der Waals surface area contributed by atoms with Crippen LogP contribution in [-0.4, -0.2) is 62.4 Å². The van der Waals surface area contributed by atoms with Crippen LogP contribution in [0, 0.1) is 11.3 Å². The number of hydrogen-bond acceptors (Lipinski definition) is 6. The van der Waals surface area contributed by atoms with Crippen molar-refractivity contribution in [1.82, 2.24) is 19.9 Å². The number of aromatic amines is 1. The second-order valence-corrected chi connectivity index (χ2v) is 7.82. The Morgan fingerprint density at radius 2 is 2.40 bits per heavy atom. The van der Waals surface area contributed by atoms with E-state index in [2.05, 4.69) is 25.9 Å². The van der Waals surface area contributed by atoms with E-state index in [4.69, 9.17) is 5.26 Å². The molecule has 8 heteroatoms. The molecule has 2 aromatic heterocycles. The Morgan fingerprint density at radius 1 is 1.56 bits per heavy atom. The van der Waals surface area contributed by atoms with E-state index in [0.29, 0.717) is 6.54 Å². The van der Waals surface area contributed by atoms with Gasteiger partial charge in [0.2, 0.25) is 5.91 Å². The lowest BCUT2D eigenvalue weighted by molar-refractivity contribution is -0.133. The molecular formula is C17H20N6OS. The van der Waals surface area contributed by atoms with Crippen molar-refractivity contribution in [1.29, 1.82) is 5.26 Å². The number of fused-ring (bicyclic) bond motifs is 1. The Hall–Kier alpha value is -2.27. The minimum absolute atomic E-state index is 0.103. The molecule has 130 valence electrons. The molecule has 0 radical (unpaired) electrons. The average Bonchev–Trinajstić information content (AvgIpc) is 3.19. The van der Waals surface area contributed by atoms with Crippen LogP contribution in [0.1, 0.15) is 19.3 Å². The lowest BCUT2D eigenvalue weighted by atomic mass is 10.1. The first-order valence-corrected chi connectivity index (χ1v) is 9.67. The van der Waals surface area contributed by atoms with Crippen molar-refractivity contribution >= 4 is 34.5 Å². The molecule has 7 nitrogen and oxygen atoms in total. The fourth-order valence-electron chi connectivity index (χ4n) is 3.59. The van der Waals surface area contributed by atoms with Gasteiger partial charge in [-0.25, -0.2) is 9.97 Å². The zero-order chi connectivity index (χ0) is 17.4. The standard InChI is InChI=1S/C17H20N6OS/c1-25-17(16(24)23(9-6-18)12-2-3-12)5-8-22(10-17)15-13-4-7-19-14(13)20-11-21-15/h4,7,11-12H,2-3,5,8-10H2,1H3,(H,19,20,21). The van der Waals surface area contributed by atoms with Crippen LogP contribution in [0.25, 0.3) is 11.0 Å². The molecule has 1 saturated heterocycles. The Labute approximate surface area is 150 Å². The molecule has 2 fully saturated rings. The lowest BCUT2D eigenvalue weighted by Crippen LogP contribution is -2.49. The smallest absolute Gasteiger partial charge is 0.241 e. The number of carbonyl (C=O) groups is 1. The summed E-state index contributed by atoms with van der Waals surface area (Å²) in [5.41, 5.74) is 0.807. The van der Waals surface area contributed by atoms with Gasteiger partial charge in [-0.3, -0.25) is 4.79 Å². The summed E-state index contributed by atoms with van der Waals surface area (Å²) in [4.78, 5) is 29.0. The highest BCUT2D eigenvalue weighted by Crippen LogP contribution is 2.40. The summed E-state index contributed by atoms with van der Waals surface area (Å²) < 4.78 is -0.507. The van der Waals surface area contributed by atoms with Crippen LogP contribution in [0.15, 0.2) is 18.6 Å². The number of aromatic nitrogens is 3. The van der Waals surface area contributed by atoms with Gasteiger partial charge in [0.15, 0.2) is 0 Å². The van der Waals surface area contributed by atoms with Crippen LogP contribution < -0.4 is 4.90 Å². The second kappa shape index (κ2) is 6.23. The van der Waals surface area contributed by atoms with E-state index in [1.807, 2.05) is 18.5 Å². The van der Waals surface area contributed by atoms with Crippen LogP contribution in [0.4, 0.5) is 5.82 Å². The third kappa shape index (κ3) is 2.72. The van der Waals surface area contributed by atoms with E-state index in [9.17, 15) is 4.79 Å². The first-order valence-electron chi connectivity index (χ1n) is 8.45. The first-order chi connectivity index (χ1) is 12.2. The van der Waals surface area contributed by atoms with E-state index >= 15 is 0 Å². The second-order valence-electron chi connectivity index (χ2n) is 6.63. The minimum Gasteiger partial charge on any atom is -0.354 e. The molecule has 0 spiro atoms. The highest BCUT2D eigenvalue weighted by atomic mass is 32.2. The number of thioether (sulfide) groups is 1. The highest BCUT2D eigenvalue weighted by molar-refractivity contribution is 8.00. The molecule has 1 N–H and O–H groups in total. The number of nitrogens with zero attached hydrogens (tertiary/aromatic N) is 5. The molecule has 0 aromatic carbocycles. The summed E-state index contributed by atoms with van der Waals surface area (Å²) in [6.07, 6.45) is 8.19. The van der Waals surface area contributed by atoms with Crippen molar-refractivity contribution in [2.24, 2.45) is 0 Å². The normalized spacial score (nSPS) is 23.0. The number of nitriles is 1. The van der Waals surface area contributed by atoms with Gasteiger partial charge in [0.1, 0.15) is 29.1 Å². The molecule has 4 rings (SSSR count). The summed E-state index contributed by atoms with van der Waals surface area (Å²) in [5, 5.41) is 10.1. The van der Waals surface area contributed by atoms with Crippen molar-refractivity contribution in [2.75, 3.05) is 30.8 Å². The highest BCUT2D eigenvalue weighted by Gasteiger charge is 2.49. The summed E-state index contributed by atoms with van der Waals surface area (Å²) in [7, 11) is 0. The molecule has 25 heavy (non-hydrogen) atoms. The van der Waals surface area contributed by atoms with E-state index in [1.165, 1.54) is 0 Å². The molecule has 1 aliphatic carbocycles. The van der Waals surface area contributed by atoms with Gasteiger partial charge in [-0.05, 0) is 31.6 Å². The molecule has 3 heterocycles. The van der Waals surface area contributed by atoms with Crippen LogP contribution in [0.2, 0.25) is 0 Å². The van der Waals surface area contributed by atoms with Gasteiger partial charge in [-0.2, -0.15) is 5.26 Å². The van der Waals surface area contributed by atoms with Gasteiger partial charge in [0.25, 0.3) is 0 Å². The third-order valence-corrected chi connectivity index (χ3v) is 6.42. The van der Waals surface area contributed by atoms with E-state index in [-0.39, 0.29) is 18.5 Å². The first kappa shape index (κ1) is 16.2. The summed E-state index contributed by atoms with van der Waals surface area (Å²) >= 11 is 1.60. The topological polar surface area (TPSA) is 88.9 Å². The van der Waals surface area contributed by atoms with Gasteiger partial charge >= 0.3 is 0 Å². The molecular weight excluding hydrogens is 336 g/mol. The largest absolute Gasteiger partial charge is 0.354 e. The Morgan fingerprint density at radius 3 is 3.12 bits per heavy atom. The van der Waals surface area contributed by atoms with Crippen molar-refractivity contribution in [3.05, 3.63) is 18.6 Å². The van der Waals surface area contributed by atoms with Crippen molar-refractivity contribution in [3.8, 4) is 6.07 Å². The number of carbonyl (C=O) groups excluding carboxylic acids is 1. The number of nitrogens with one attached hydrogen (secondary N) is 1. The van der Waals surface area contributed by atoms with Gasteiger partial charge < -0.3 is 14.8 Å². The maximum Gasteiger partial charge on any atom is 0.241 e. The van der Waals surface area contributed by atoms with Crippen molar-refractivity contribution < 1.29 is 4.79 Å². The van der Waals surface area contributed by atoms with E-state index < -0.39 is 4.75 Å². The molecule has 0 bridgehead atoms. The maximum absolute atomic E-state index is 13.2. The van der Waals surface area contributed by atoms with Crippen molar-refractivity contribution in [3.63, 3.8) is 0 Å². The van der Waals surface area contributed by atoms with Crippen LogP contribution >= 0.6 is 11.8 Å². The summed E-state index contributed by atoms with van der Waals surface area (Å²) in [5.74, 6) is 0.971. The number of rotatable bonds is 5. The van der Waals surface area contributed by atoms with Gasteiger partial charge in [0, 0.05) is 25.3 Å². The monoisotopic (exact) mass is 356 g/mol. The van der Waals surface area contributed by atoms with Crippen LogP contribution in [0.5, 0.6) is 0 Å². The number of anilines is 1. The molecule has 2 aromatic rings. The van der Waals surface area contributed by atoms with Gasteiger partial charge in [-0.1, -0.05) is 0 Å². The molecule has 1 saturated carbocycles. The Bertz CT molecular complexity index is 841. The Kier molecular flexibility index (Phi) is 4.04. The number of H-pyrrole nitrogens is 1. The van der Waals surface area contributed by atoms with Crippen LogP contribution in [0.3, 0.4) is 0 Å². The average molecular weight is 356 g/mol. The van der Waals surface area contributed by atoms with Gasteiger partial charge in [0.05, 0.1) is 11.5 Å². The molecule has 1 atom stereocenters. The predicted octanol–water partition coefficient (Wildman–Crippen LogP) is 1.78. The van der Waals surface area contributed by atoms with Crippen molar-refractivity contribution in [2.45, 2.75) is 30.1 Å². The summed E-state index contributed by atoms with van der Waals surface area (Å²) in [6, 6.07) is 4.38. The predicted molar refractivity (Wildman–Crippen MR) is 97.3 cm³/mol. The van der Waals surface area contributed by atoms with E-state index in [1.54, 1.807) is 23.0 Å². The fourth-order valence-corrected chi connectivity index (χ4v) is 4.47. The summed E-state index contributed by atoms with van der Waals surface area (Å²) in [6.45, 7) is 1.56. The molecule has 1 unspecified atom stereocenters. The van der Waals surface area contributed by atoms with Crippen LogP contribution in [-0.2, 0) is 4.79 Å². The fraction of sp³-hybridized carbons (Fsp3) is 0.529. The Balaban J connectivity index is 1.61. The van der Waals surface area contributed by atoms with E-state index in [0.717, 1.165) is 42.7 Å². The molecule has 2 aliphatic rings.